The molecule has 2 heterocycles. The standard InChI is InChI=1S/C19H19F2N3O3S/c1-19(7-13(28)8-19)22-17(25)11-6-14-16(26-9-11)15(24-23-14)10-3-2-4-12(5-10)27-18(20)21/h2-5,11,18H,6-9H2,1H3,(H,22,25)(H,23,24). The Morgan fingerprint density at radius 2 is 2.25 bits per heavy atom. The summed E-state index contributed by atoms with van der Waals surface area (Å²) in [5.41, 5.74) is 1.54. The van der Waals surface area contributed by atoms with E-state index in [2.05, 4.69) is 20.3 Å². The van der Waals surface area contributed by atoms with Gasteiger partial charge in [-0.15, -0.1) is 0 Å². The predicted molar refractivity (Wildman–Crippen MR) is 102 cm³/mol. The second-order valence-electron chi connectivity index (χ2n) is 7.44. The number of nitrogens with zero attached hydrogens (tertiary/aromatic N) is 1. The molecule has 2 aromatic rings. The molecule has 1 aromatic heterocycles. The molecule has 6 nitrogen and oxygen atoms in total. The number of carbonyl (C=O) groups excluding carboxylic acids is 1. The van der Waals surface area contributed by atoms with Crippen LogP contribution in [0.2, 0.25) is 0 Å². The van der Waals surface area contributed by atoms with E-state index < -0.39 is 6.61 Å². The molecule has 4 rings (SSSR count). The molecule has 0 bridgehead atoms. The van der Waals surface area contributed by atoms with Crippen LogP contribution in [0.5, 0.6) is 11.5 Å². The molecular weight excluding hydrogens is 388 g/mol. The molecule has 1 unspecified atom stereocenters. The molecule has 28 heavy (non-hydrogen) atoms. The summed E-state index contributed by atoms with van der Waals surface area (Å²) in [4.78, 5) is 13.6. The first-order chi connectivity index (χ1) is 13.3. The summed E-state index contributed by atoms with van der Waals surface area (Å²) in [6.45, 7) is -0.691. The lowest BCUT2D eigenvalue weighted by Gasteiger charge is -2.41. The van der Waals surface area contributed by atoms with Crippen molar-refractivity contribution in [1.82, 2.24) is 15.5 Å². The Bertz CT molecular complexity index is 923. The Labute approximate surface area is 165 Å². The number of H-pyrrole nitrogens is 1. The van der Waals surface area contributed by atoms with E-state index >= 15 is 0 Å². The summed E-state index contributed by atoms with van der Waals surface area (Å²) >= 11 is 5.14. The number of fused-ring (bicyclic) bond motifs is 1. The van der Waals surface area contributed by atoms with Gasteiger partial charge in [0.2, 0.25) is 5.91 Å². The van der Waals surface area contributed by atoms with E-state index in [4.69, 9.17) is 17.0 Å². The topological polar surface area (TPSA) is 76.2 Å². The van der Waals surface area contributed by atoms with Crippen molar-refractivity contribution in [2.45, 2.75) is 38.3 Å². The molecule has 1 amide bonds. The maximum atomic E-state index is 12.6. The molecule has 0 radical (unpaired) electrons. The van der Waals surface area contributed by atoms with Gasteiger partial charge in [0.15, 0.2) is 5.75 Å². The monoisotopic (exact) mass is 407 g/mol. The van der Waals surface area contributed by atoms with Gasteiger partial charge in [-0.25, -0.2) is 0 Å². The summed E-state index contributed by atoms with van der Waals surface area (Å²) in [6.07, 6.45) is 1.90. The molecule has 9 heteroatoms. The lowest BCUT2D eigenvalue weighted by molar-refractivity contribution is -0.128. The van der Waals surface area contributed by atoms with E-state index in [1.54, 1.807) is 12.1 Å². The van der Waals surface area contributed by atoms with Crippen LogP contribution in [0.4, 0.5) is 8.78 Å². The Kier molecular flexibility index (Phi) is 4.78. The summed E-state index contributed by atoms with van der Waals surface area (Å²) in [5.74, 6) is 0.178. The van der Waals surface area contributed by atoms with Crippen LogP contribution >= 0.6 is 12.2 Å². The molecule has 1 aliphatic carbocycles. The number of amides is 1. The van der Waals surface area contributed by atoms with E-state index in [-0.39, 0.29) is 29.7 Å². The summed E-state index contributed by atoms with van der Waals surface area (Å²) in [7, 11) is 0. The zero-order valence-electron chi connectivity index (χ0n) is 15.1. The SMILES string of the molecule is CC1(NC(=O)C2COc3c(-c4cccc(OC(F)F)c4)n[nH]c3C2)CC(=S)C1. The second-order valence-corrected chi connectivity index (χ2v) is 8.02. The number of rotatable bonds is 5. The van der Waals surface area contributed by atoms with Gasteiger partial charge < -0.3 is 14.8 Å². The first-order valence-corrected chi connectivity index (χ1v) is 9.33. The van der Waals surface area contributed by atoms with Gasteiger partial charge in [-0.3, -0.25) is 9.89 Å². The van der Waals surface area contributed by atoms with E-state index in [1.807, 2.05) is 6.92 Å². The molecule has 2 aliphatic rings. The number of hydrogen-bond acceptors (Lipinski definition) is 5. The van der Waals surface area contributed by atoms with Crippen molar-refractivity contribution in [2.75, 3.05) is 6.61 Å². The highest BCUT2D eigenvalue weighted by Crippen LogP contribution is 2.37. The Morgan fingerprint density at radius 3 is 2.96 bits per heavy atom. The van der Waals surface area contributed by atoms with Crippen LogP contribution in [0.3, 0.4) is 0 Å². The lowest BCUT2D eigenvalue weighted by Crippen LogP contribution is -2.57. The van der Waals surface area contributed by atoms with Crippen LogP contribution in [0.1, 0.15) is 25.5 Å². The van der Waals surface area contributed by atoms with Crippen molar-refractivity contribution in [3.05, 3.63) is 30.0 Å². The van der Waals surface area contributed by atoms with Gasteiger partial charge in [-0.1, -0.05) is 24.4 Å². The summed E-state index contributed by atoms with van der Waals surface area (Å²) in [5, 5.41) is 10.2. The number of nitrogens with one attached hydrogen (secondary N) is 2. The molecule has 1 aromatic carbocycles. The van der Waals surface area contributed by atoms with Gasteiger partial charge in [0.1, 0.15) is 18.1 Å². The first kappa shape index (κ1) is 18.8. The molecule has 1 aliphatic heterocycles. The zero-order chi connectivity index (χ0) is 19.9. The first-order valence-electron chi connectivity index (χ1n) is 8.92. The van der Waals surface area contributed by atoms with E-state index in [0.29, 0.717) is 29.1 Å². The number of hydrogen-bond donors (Lipinski definition) is 2. The molecule has 148 valence electrons. The minimum Gasteiger partial charge on any atom is -0.488 e. The normalized spacial score (nSPS) is 20.1. The summed E-state index contributed by atoms with van der Waals surface area (Å²) < 4.78 is 35.1. The van der Waals surface area contributed by atoms with Crippen molar-refractivity contribution in [3.63, 3.8) is 0 Å². The fourth-order valence-corrected chi connectivity index (χ4v) is 4.28. The Hall–Kier alpha value is -2.55. The molecular formula is C19H19F2N3O3S. The molecule has 0 saturated heterocycles. The zero-order valence-corrected chi connectivity index (χ0v) is 15.9. The van der Waals surface area contributed by atoms with Crippen molar-refractivity contribution >= 4 is 23.0 Å². The minimum absolute atomic E-state index is 0.0453. The van der Waals surface area contributed by atoms with Crippen molar-refractivity contribution in [3.8, 4) is 22.8 Å². The highest BCUT2D eigenvalue weighted by Gasteiger charge is 2.40. The third-order valence-electron chi connectivity index (χ3n) is 4.97. The smallest absolute Gasteiger partial charge is 0.387 e. The van der Waals surface area contributed by atoms with Gasteiger partial charge in [0.05, 0.1) is 11.6 Å². The molecule has 2 N–H and O–H groups in total. The van der Waals surface area contributed by atoms with Gasteiger partial charge >= 0.3 is 6.61 Å². The van der Waals surface area contributed by atoms with Crippen molar-refractivity contribution in [1.29, 1.82) is 0 Å². The Morgan fingerprint density at radius 1 is 1.46 bits per heavy atom. The lowest BCUT2D eigenvalue weighted by atomic mass is 9.78. The third-order valence-corrected chi connectivity index (χ3v) is 5.26. The fourth-order valence-electron chi connectivity index (χ4n) is 3.64. The predicted octanol–water partition coefficient (Wildman–Crippen LogP) is 3.27. The maximum absolute atomic E-state index is 12.6. The number of benzene rings is 1. The molecule has 0 spiro atoms. The number of halogens is 2. The average molecular weight is 407 g/mol. The van der Waals surface area contributed by atoms with E-state index in [0.717, 1.165) is 17.7 Å². The van der Waals surface area contributed by atoms with Crippen molar-refractivity contribution in [2.24, 2.45) is 5.92 Å². The van der Waals surface area contributed by atoms with E-state index in [1.165, 1.54) is 12.1 Å². The van der Waals surface area contributed by atoms with Gasteiger partial charge in [-0.2, -0.15) is 13.9 Å². The minimum atomic E-state index is -2.90. The van der Waals surface area contributed by atoms with Crippen LogP contribution in [0.15, 0.2) is 24.3 Å². The maximum Gasteiger partial charge on any atom is 0.387 e. The number of ether oxygens (including phenoxy) is 2. The van der Waals surface area contributed by atoms with E-state index in [9.17, 15) is 13.6 Å². The van der Waals surface area contributed by atoms with Gasteiger partial charge in [0.25, 0.3) is 0 Å². The molecule has 1 atom stereocenters. The largest absolute Gasteiger partial charge is 0.488 e. The molecule has 1 saturated carbocycles. The molecule has 1 fully saturated rings. The second kappa shape index (κ2) is 7.12. The van der Waals surface area contributed by atoms with Crippen LogP contribution in [-0.2, 0) is 11.2 Å². The number of alkyl halides is 2. The number of aromatic amines is 1. The summed E-state index contributed by atoms with van der Waals surface area (Å²) in [6, 6.07) is 6.27. The third kappa shape index (κ3) is 3.71. The number of carbonyl (C=O) groups is 1. The van der Waals surface area contributed by atoms with Gasteiger partial charge in [0, 0.05) is 30.4 Å². The average Bonchev–Trinajstić information content (AvgIpc) is 3.03. The van der Waals surface area contributed by atoms with Gasteiger partial charge in [-0.05, 0) is 23.9 Å². The van der Waals surface area contributed by atoms with Crippen LogP contribution in [-0.4, -0.2) is 39.7 Å². The number of aromatic nitrogens is 2. The van der Waals surface area contributed by atoms with Crippen LogP contribution in [0, 0.1) is 5.92 Å². The quantitative estimate of drug-likeness (QED) is 0.744. The number of thiocarbonyl (C=S) groups is 1. The van der Waals surface area contributed by atoms with Crippen molar-refractivity contribution < 1.29 is 23.0 Å². The van der Waals surface area contributed by atoms with Crippen LogP contribution < -0.4 is 14.8 Å². The highest BCUT2D eigenvalue weighted by atomic mass is 32.1. The Balaban J connectivity index is 1.48. The fraction of sp³-hybridized carbons (Fsp3) is 0.421. The van der Waals surface area contributed by atoms with Crippen LogP contribution in [0.25, 0.3) is 11.3 Å². The highest BCUT2D eigenvalue weighted by molar-refractivity contribution is 7.80.